The molecule has 140 valence electrons. The van der Waals surface area contributed by atoms with Gasteiger partial charge >= 0.3 is 6.03 Å². The Labute approximate surface area is 149 Å². The summed E-state index contributed by atoms with van der Waals surface area (Å²) in [7, 11) is -1.92. The van der Waals surface area contributed by atoms with Crippen LogP contribution in [0.1, 0.15) is 51.9 Å². The van der Waals surface area contributed by atoms with Gasteiger partial charge in [-0.25, -0.2) is 17.9 Å². The molecule has 0 aromatic carbocycles. The summed E-state index contributed by atoms with van der Waals surface area (Å²) in [6.07, 6.45) is 5.43. The molecular weight excluding hydrogens is 342 g/mol. The lowest BCUT2D eigenvalue weighted by molar-refractivity contribution is -0.139. The second kappa shape index (κ2) is 5.67. The van der Waals surface area contributed by atoms with Crippen LogP contribution in [0.4, 0.5) is 4.79 Å². The molecule has 4 rings (SSSR count). The van der Waals surface area contributed by atoms with Crippen molar-refractivity contribution in [1.29, 1.82) is 0 Å². The molecule has 3 amide bonds. The van der Waals surface area contributed by atoms with E-state index in [2.05, 4.69) is 4.72 Å². The fourth-order valence-electron chi connectivity index (χ4n) is 4.22. The number of carbonyl (C=O) groups is 2. The number of nitrogens with zero attached hydrogens (tertiary/aromatic N) is 2. The summed E-state index contributed by atoms with van der Waals surface area (Å²) in [6.45, 7) is 2.62. The third-order valence-corrected chi connectivity index (χ3v) is 8.41. The van der Waals surface area contributed by atoms with Crippen molar-refractivity contribution in [3.8, 4) is 0 Å². The monoisotopic (exact) mass is 369 g/mol. The van der Waals surface area contributed by atoms with E-state index in [1.165, 1.54) is 11.9 Å². The quantitative estimate of drug-likeness (QED) is 0.791. The Morgan fingerprint density at radius 3 is 2.44 bits per heavy atom. The van der Waals surface area contributed by atoms with E-state index in [1.807, 2.05) is 11.8 Å². The minimum atomic E-state index is -3.44. The fourth-order valence-corrected chi connectivity index (χ4v) is 6.19. The number of hydrogen-bond acceptors (Lipinski definition) is 4. The summed E-state index contributed by atoms with van der Waals surface area (Å²) in [5.41, 5.74) is -0.295. The van der Waals surface area contributed by atoms with E-state index in [9.17, 15) is 18.0 Å². The van der Waals surface area contributed by atoms with Crippen molar-refractivity contribution in [1.82, 2.24) is 14.5 Å². The van der Waals surface area contributed by atoms with Crippen molar-refractivity contribution in [3.05, 3.63) is 0 Å². The first-order chi connectivity index (χ1) is 11.7. The zero-order valence-corrected chi connectivity index (χ0v) is 15.7. The van der Waals surface area contributed by atoms with Crippen molar-refractivity contribution >= 4 is 22.0 Å². The van der Waals surface area contributed by atoms with Gasteiger partial charge in [-0.1, -0.05) is 0 Å². The predicted octanol–water partition coefficient (Wildman–Crippen LogP) is 1.30. The van der Waals surface area contributed by atoms with Gasteiger partial charge in [-0.05, 0) is 57.8 Å². The Morgan fingerprint density at radius 2 is 1.84 bits per heavy atom. The van der Waals surface area contributed by atoms with Crippen molar-refractivity contribution < 1.29 is 18.0 Å². The molecule has 4 fully saturated rings. The highest BCUT2D eigenvalue weighted by atomic mass is 32.2. The maximum atomic E-state index is 12.7. The molecule has 0 radical (unpaired) electrons. The van der Waals surface area contributed by atoms with Gasteiger partial charge in [0.05, 0.1) is 11.2 Å². The van der Waals surface area contributed by atoms with Gasteiger partial charge < -0.3 is 4.90 Å². The normalized spacial score (nSPS) is 34.9. The first kappa shape index (κ1) is 17.3. The molecule has 1 N–H and O–H groups in total. The van der Waals surface area contributed by atoms with Crippen LogP contribution in [0.2, 0.25) is 0 Å². The molecule has 0 aromatic heterocycles. The molecule has 3 atom stereocenters. The van der Waals surface area contributed by atoms with Gasteiger partial charge in [0.2, 0.25) is 15.9 Å². The number of hydrogen-bond donors (Lipinski definition) is 1. The fraction of sp³-hybridized carbons (Fsp3) is 0.882. The van der Waals surface area contributed by atoms with E-state index in [0.717, 1.165) is 25.7 Å². The third kappa shape index (κ3) is 3.18. The third-order valence-electron chi connectivity index (χ3n) is 6.33. The Kier molecular flexibility index (Phi) is 3.92. The van der Waals surface area contributed by atoms with E-state index in [-0.39, 0.29) is 23.5 Å². The summed E-state index contributed by atoms with van der Waals surface area (Å²) in [4.78, 5) is 28.2. The van der Waals surface area contributed by atoms with Gasteiger partial charge in [-0.2, -0.15) is 0 Å². The number of amides is 3. The van der Waals surface area contributed by atoms with Crippen LogP contribution >= 0.6 is 0 Å². The average molecular weight is 369 g/mol. The Balaban J connectivity index is 1.52. The topological polar surface area (TPSA) is 86.8 Å². The maximum Gasteiger partial charge on any atom is 0.326 e. The number of carbonyl (C=O) groups excluding carboxylic acids is 2. The number of fused-ring (bicyclic) bond motifs is 1. The Hall–Kier alpha value is -1.15. The van der Waals surface area contributed by atoms with Crippen molar-refractivity contribution in [2.75, 3.05) is 13.6 Å². The zero-order chi connectivity index (χ0) is 18.0. The first-order valence-electron chi connectivity index (χ1n) is 9.31. The highest BCUT2D eigenvalue weighted by Gasteiger charge is 2.51. The molecule has 1 saturated heterocycles. The highest BCUT2D eigenvalue weighted by molar-refractivity contribution is 7.90. The van der Waals surface area contributed by atoms with Crippen LogP contribution in [0.3, 0.4) is 0 Å². The largest absolute Gasteiger partial charge is 0.326 e. The standard InChI is InChI=1S/C17H27N3O4S/c1-17(7-8-17)18-25(23,24)12-5-6-14-13(9-12)15(21)19(2)16(22)20(14)10-11-3-4-11/h11-14,18H,3-10H2,1-2H3. The molecule has 0 bridgehead atoms. The van der Waals surface area contributed by atoms with Crippen molar-refractivity contribution in [3.63, 3.8) is 0 Å². The summed E-state index contributed by atoms with van der Waals surface area (Å²) in [5, 5.41) is -0.542. The van der Waals surface area contributed by atoms with Crippen LogP contribution in [0, 0.1) is 11.8 Å². The van der Waals surface area contributed by atoms with Crippen LogP contribution in [0.15, 0.2) is 0 Å². The number of urea groups is 1. The van der Waals surface area contributed by atoms with Gasteiger partial charge in [0, 0.05) is 25.2 Å². The second-order valence-corrected chi connectivity index (χ2v) is 10.6. The Bertz CT molecular complexity index is 699. The molecule has 0 aromatic rings. The molecule has 3 unspecified atom stereocenters. The maximum absolute atomic E-state index is 12.7. The van der Waals surface area contributed by atoms with E-state index in [1.54, 1.807) is 0 Å². The lowest BCUT2D eigenvalue weighted by Gasteiger charge is -2.47. The molecule has 25 heavy (non-hydrogen) atoms. The van der Waals surface area contributed by atoms with Gasteiger partial charge in [0.1, 0.15) is 0 Å². The molecular formula is C17H27N3O4S. The van der Waals surface area contributed by atoms with Crippen LogP contribution in [-0.2, 0) is 14.8 Å². The van der Waals surface area contributed by atoms with Crippen molar-refractivity contribution in [2.24, 2.45) is 11.8 Å². The van der Waals surface area contributed by atoms with E-state index < -0.39 is 21.2 Å². The van der Waals surface area contributed by atoms with Crippen molar-refractivity contribution in [2.45, 2.75) is 68.7 Å². The van der Waals surface area contributed by atoms with Crippen LogP contribution < -0.4 is 4.72 Å². The number of sulfonamides is 1. The molecule has 4 aliphatic rings. The number of imide groups is 1. The lowest BCUT2D eigenvalue weighted by atomic mass is 9.81. The minimum Gasteiger partial charge on any atom is -0.320 e. The SMILES string of the molecule is CN1C(=O)C2CC(S(=O)(=O)NC3(C)CC3)CCC2N(CC2CC2)C1=O. The molecule has 7 nitrogen and oxygen atoms in total. The molecule has 8 heteroatoms. The Morgan fingerprint density at radius 1 is 1.16 bits per heavy atom. The van der Waals surface area contributed by atoms with Gasteiger partial charge in [-0.15, -0.1) is 0 Å². The predicted molar refractivity (Wildman–Crippen MR) is 92.2 cm³/mol. The van der Waals surface area contributed by atoms with Crippen LogP contribution in [0.5, 0.6) is 0 Å². The molecule has 1 aliphatic heterocycles. The summed E-state index contributed by atoms with van der Waals surface area (Å²) >= 11 is 0. The molecule has 1 heterocycles. The average Bonchev–Trinajstić information content (AvgIpc) is 3.48. The van der Waals surface area contributed by atoms with E-state index in [4.69, 9.17) is 0 Å². The molecule has 0 spiro atoms. The minimum absolute atomic E-state index is 0.139. The molecule has 3 saturated carbocycles. The summed E-state index contributed by atoms with van der Waals surface area (Å²) in [6, 6.07) is -0.358. The first-order valence-corrected chi connectivity index (χ1v) is 10.9. The smallest absolute Gasteiger partial charge is 0.320 e. The van der Waals surface area contributed by atoms with E-state index >= 15 is 0 Å². The number of nitrogens with one attached hydrogen (secondary N) is 1. The summed E-state index contributed by atoms with van der Waals surface area (Å²) in [5.74, 6) is -0.0764. The second-order valence-electron chi connectivity index (χ2n) is 8.59. The van der Waals surface area contributed by atoms with E-state index in [0.29, 0.717) is 31.7 Å². The van der Waals surface area contributed by atoms with Crippen LogP contribution in [0.25, 0.3) is 0 Å². The molecule has 3 aliphatic carbocycles. The highest BCUT2D eigenvalue weighted by Crippen LogP contribution is 2.41. The van der Waals surface area contributed by atoms with Gasteiger partial charge in [-0.3, -0.25) is 9.69 Å². The van der Waals surface area contributed by atoms with Gasteiger partial charge in [0.15, 0.2) is 0 Å². The number of rotatable bonds is 5. The van der Waals surface area contributed by atoms with Crippen LogP contribution in [-0.4, -0.2) is 60.6 Å². The lowest BCUT2D eigenvalue weighted by Crippen LogP contribution is -2.63. The van der Waals surface area contributed by atoms with Gasteiger partial charge in [0.25, 0.3) is 0 Å². The zero-order valence-electron chi connectivity index (χ0n) is 14.9. The summed E-state index contributed by atoms with van der Waals surface area (Å²) < 4.78 is 28.3.